The molecular weight excluding hydrogens is 356 g/mol. The Labute approximate surface area is 144 Å². The van der Waals surface area contributed by atoms with Crippen molar-refractivity contribution < 1.29 is 9.59 Å². The van der Waals surface area contributed by atoms with E-state index < -0.39 is 0 Å². The SMILES string of the molecule is Cc1ccc(C(=O)NCCNC(=O)c2ccccc2Br)cc1C. The molecule has 0 saturated carbocycles. The van der Waals surface area contributed by atoms with Gasteiger partial charge in [0.1, 0.15) is 0 Å². The summed E-state index contributed by atoms with van der Waals surface area (Å²) in [6.07, 6.45) is 0. The van der Waals surface area contributed by atoms with Gasteiger partial charge in [0.25, 0.3) is 11.8 Å². The number of hydrogen-bond acceptors (Lipinski definition) is 2. The fourth-order valence-electron chi connectivity index (χ4n) is 2.08. The molecular formula is C18H19BrN2O2. The van der Waals surface area contributed by atoms with Crippen molar-refractivity contribution in [1.82, 2.24) is 10.6 Å². The summed E-state index contributed by atoms with van der Waals surface area (Å²) in [6, 6.07) is 12.8. The van der Waals surface area contributed by atoms with Gasteiger partial charge in [0.15, 0.2) is 0 Å². The van der Waals surface area contributed by atoms with Gasteiger partial charge in [0.05, 0.1) is 5.56 Å². The highest BCUT2D eigenvalue weighted by Crippen LogP contribution is 2.15. The zero-order valence-electron chi connectivity index (χ0n) is 13.2. The average molecular weight is 375 g/mol. The van der Waals surface area contributed by atoms with Crippen LogP contribution in [0.5, 0.6) is 0 Å². The van der Waals surface area contributed by atoms with Gasteiger partial charge < -0.3 is 10.6 Å². The van der Waals surface area contributed by atoms with Crippen LogP contribution in [-0.2, 0) is 0 Å². The first-order valence-electron chi connectivity index (χ1n) is 7.37. The molecule has 2 N–H and O–H groups in total. The Morgan fingerprint density at radius 1 is 0.913 bits per heavy atom. The van der Waals surface area contributed by atoms with E-state index in [0.717, 1.165) is 15.6 Å². The molecule has 0 aromatic heterocycles. The van der Waals surface area contributed by atoms with Gasteiger partial charge in [-0.15, -0.1) is 0 Å². The molecule has 0 spiro atoms. The second-order valence-corrected chi connectivity index (χ2v) is 6.15. The van der Waals surface area contributed by atoms with Crippen molar-refractivity contribution in [3.8, 4) is 0 Å². The number of rotatable bonds is 5. The molecule has 0 atom stereocenters. The second-order valence-electron chi connectivity index (χ2n) is 5.29. The number of carbonyl (C=O) groups is 2. The Hall–Kier alpha value is -2.14. The van der Waals surface area contributed by atoms with Crippen LogP contribution in [0.1, 0.15) is 31.8 Å². The summed E-state index contributed by atoms with van der Waals surface area (Å²) in [5.74, 6) is -0.304. The zero-order valence-corrected chi connectivity index (χ0v) is 14.7. The van der Waals surface area contributed by atoms with E-state index in [9.17, 15) is 9.59 Å². The number of amides is 2. The van der Waals surface area contributed by atoms with Crippen LogP contribution in [0.25, 0.3) is 0 Å². The summed E-state index contributed by atoms with van der Waals surface area (Å²) in [5.41, 5.74) is 3.44. The van der Waals surface area contributed by atoms with Gasteiger partial charge in [-0.1, -0.05) is 18.2 Å². The number of hydrogen-bond donors (Lipinski definition) is 2. The van der Waals surface area contributed by atoms with E-state index in [4.69, 9.17) is 0 Å². The van der Waals surface area contributed by atoms with Gasteiger partial charge in [-0.2, -0.15) is 0 Å². The van der Waals surface area contributed by atoms with E-state index in [0.29, 0.717) is 24.2 Å². The van der Waals surface area contributed by atoms with Crippen molar-refractivity contribution in [2.24, 2.45) is 0 Å². The number of halogens is 1. The quantitative estimate of drug-likeness (QED) is 0.789. The number of benzene rings is 2. The molecule has 4 nitrogen and oxygen atoms in total. The highest BCUT2D eigenvalue weighted by Gasteiger charge is 2.09. The lowest BCUT2D eigenvalue weighted by Gasteiger charge is -2.09. The highest BCUT2D eigenvalue weighted by molar-refractivity contribution is 9.10. The van der Waals surface area contributed by atoms with Crippen LogP contribution in [0.2, 0.25) is 0 Å². The van der Waals surface area contributed by atoms with Crippen LogP contribution < -0.4 is 10.6 Å². The minimum absolute atomic E-state index is 0.136. The third-order valence-corrected chi connectivity index (χ3v) is 4.28. The molecule has 2 amide bonds. The monoisotopic (exact) mass is 374 g/mol. The van der Waals surface area contributed by atoms with E-state index in [-0.39, 0.29) is 11.8 Å². The van der Waals surface area contributed by atoms with Crippen LogP contribution in [0.3, 0.4) is 0 Å². The standard InChI is InChI=1S/C18H19BrN2O2/c1-12-7-8-14(11-13(12)2)17(22)20-9-10-21-18(23)15-5-3-4-6-16(15)19/h3-8,11H,9-10H2,1-2H3,(H,20,22)(H,21,23). The Morgan fingerprint density at radius 3 is 2.22 bits per heavy atom. The molecule has 2 aromatic carbocycles. The molecule has 0 bridgehead atoms. The summed E-state index contributed by atoms with van der Waals surface area (Å²) >= 11 is 3.34. The van der Waals surface area contributed by atoms with Crippen LogP contribution in [0.4, 0.5) is 0 Å². The van der Waals surface area contributed by atoms with Crippen molar-refractivity contribution in [2.75, 3.05) is 13.1 Å². The van der Waals surface area contributed by atoms with Crippen molar-refractivity contribution in [3.63, 3.8) is 0 Å². The molecule has 0 radical (unpaired) electrons. The molecule has 0 aliphatic rings. The van der Waals surface area contributed by atoms with Crippen molar-refractivity contribution in [1.29, 1.82) is 0 Å². The van der Waals surface area contributed by atoms with E-state index in [1.165, 1.54) is 0 Å². The van der Waals surface area contributed by atoms with Gasteiger partial charge in [-0.3, -0.25) is 9.59 Å². The molecule has 0 aliphatic heterocycles. The Kier molecular flexibility index (Phi) is 5.93. The summed E-state index contributed by atoms with van der Waals surface area (Å²) in [7, 11) is 0. The zero-order chi connectivity index (χ0) is 16.8. The predicted octanol–water partition coefficient (Wildman–Crippen LogP) is 3.23. The number of carbonyl (C=O) groups excluding carboxylic acids is 2. The smallest absolute Gasteiger partial charge is 0.252 e. The lowest BCUT2D eigenvalue weighted by Crippen LogP contribution is -2.34. The highest BCUT2D eigenvalue weighted by atomic mass is 79.9. The van der Waals surface area contributed by atoms with Crippen LogP contribution >= 0.6 is 15.9 Å². The molecule has 2 rings (SSSR count). The van der Waals surface area contributed by atoms with Crippen molar-refractivity contribution >= 4 is 27.7 Å². The third-order valence-electron chi connectivity index (χ3n) is 3.58. The van der Waals surface area contributed by atoms with Crippen LogP contribution in [0.15, 0.2) is 46.9 Å². The van der Waals surface area contributed by atoms with Gasteiger partial charge in [0, 0.05) is 23.1 Å². The summed E-state index contributed by atoms with van der Waals surface area (Å²) in [6.45, 7) is 4.73. The first kappa shape index (κ1) is 17.2. The fourth-order valence-corrected chi connectivity index (χ4v) is 2.54. The average Bonchev–Trinajstić information content (AvgIpc) is 2.54. The van der Waals surface area contributed by atoms with E-state index in [2.05, 4.69) is 26.6 Å². The molecule has 0 saturated heterocycles. The molecule has 0 aliphatic carbocycles. The molecule has 5 heteroatoms. The largest absolute Gasteiger partial charge is 0.350 e. The fraction of sp³-hybridized carbons (Fsp3) is 0.222. The normalized spacial score (nSPS) is 10.2. The van der Waals surface area contributed by atoms with Crippen molar-refractivity contribution in [2.45, 2.75) is 13.8 Å². The summed E-state index contributed by atoms with van der Waals surface area (Å²) in [5, 5.41) is 5.59. The maximum absolute atomic E-state index is 12.0. The summed E-state index contributed by atoms with van der Waals surface area (Å²) in [4.78, 5) is 24.1. The Morgan fingerprint density at radius 2 is 1.57 bits per heavy atom. The van der Waals surface area contributed by atoms with Gasteiger partial charge in [0.2, 0.25) is 0 Å². The van der Waals surface area contributed by atoms with E-state index in [1.807, 2.05) is 38.1 Å². The second kappa shape index (κ2) is 7.92. The van der Waals surface area contributed by atoms with Crippen LogP contribution in [-0.4, -0.2) is 24.9 Å². The molecule has 2 aromatic rings. The topological polar surface area (TPSA) is 58.2 Å². The Bertz CT molecular complexity index is 729. The predicted molar refractivity (Wildman–Crippen MR) is 94.7 cm³/mol. The van der Waals surface area contributed by atoms with Crippen LogP contribution in [0, 0.1) is 13.8 Å². The molecule has 23 heavy (non-hydrogen) atoms. The number of aryl methyl sites for hydroxylation is 2. The molecule has 120 valence electrons. The number of nitrogens with one attached hydrogen (secondary N) is 2. The first-order chi connectivity index (χ1) is 11.0. The summed E-state index contributed by atoms with van der Waals surface area (Å²) < 4.78 is 0.747. The minimum Gasteiger partial charge on any atom is -0.350 e. The van der Waals surface area contributed by atoms with E-state index >= 15 is 0 Å². The lowest BCUT2D eigenvalue weighted by atomic mass is 10.1. The Balaban J connectivity index is 1.81. The lowest BCUT2D eigenvalue weighted by molar-refractivity contribution is 0.0927. The first-order valence-corrected chi connectivity index (χ1v) is 8.16. The third kappa shape index (κ3) is 4.66. The van der Waals surface area contributed by atoms with Gasteiger partial charge in [-0.05, 0) is 65.2 Å². The molecule has 0 fully saturated rings. The molecule has 0 unspecified atom stereocenters. The molecule has 0 heterocycles. The maximum atomic E-state index is 12.0. The van der Waals surface area contributed by atoms with Crippen molar-refractivity contribution in [3.05, 3.63) is 69.2 Å². The van der Waals surface area contributed by atoms with Gasteiger partial charge >= 0.3 is 0 Å². The van der Waals surface area contributed by atoms with E-state index in [1.54, 1.807) is 18.2 Å². The minimum atomic E-state index is -0.169. The van der Waals surface area contributed by atoms with Gasteiger partial charge in [-0.25, -0.2) is 0 Å². The maximum Gasteiger partial charge on any atom is 0.252 e.